The Labute approximate surface area is 197 Å². The van der Waals surface area contributed by atoms with Crippen LogP contribution in [0.15, 0.2) is 72.8 Å². The molecule has 8 heteroatoms. The first-order valence-electron chi connectivity index (χ1n) is 11.0. The second-order valence-electron chi connectivity index (χ2n) is 8.23. The maximum atomic E-state index is 13.5. The van der Waals surface area contributed by atoms with Crippen LogP contribution in [0.4, 0.5) is 16.2 Å². The standard InChI is InChI=1S/C26H24N4O4/c1-34-20-10-7-17(8-11-20)18-9-12-22-21(15-18)25(32)30-14-13-29(16-23(30)24(31)28-22)26(33)27-19-5-3-2-4-6-19/h2-12,15,23H,13-14,16H2,1H3,(H,27,33)(H,28,31). The van der Waals surface area contributed by atoms with E-state index in [2.05, 4.69) is 10.6 Å². The zero-order valence-electron chi connectivity index (χ0n) is 18.7. The second-order valence-corrected chi connectivity index (χ2v) is 8.23. The Morgan fingerprint density at radius 1 is 0.971 bits per heavy atom. The molecule has 1 saturated heterocycles. The minimum absolute atomic E-state index is 0.121. The van der Waals surface area contributed by atoms with E-state index < -0.39 is 6.04 Å². The van der Waals surface area contributed by atoms with Crippen LogP contribution in [-0.4, -0.2) is 60.4 Å². The highest BCUT2D eigenvalue weighted by Gasteiger charge is 2.40. The molecular formula is C26H24N4O4. The number of hydrogen-bond donors (Lipinski definition) is 2. The first-order valence-corrected chi connectivity index (χ1v) is 11.0. The van der Waals surface area contributed by atoms with Crippen LogP contribution in [0.25, 0.3) is 11.1 Å². The lowest BCUT2D eigenvalue weighted by Gasteiger charge is -2.39. The van der Waals surface area contributed by atoms with Crippen LogP contribution in [0.1, 0.15) is 10.4 Å². The number of piperazine rings is 1. The van der Waals surface area contributed by atoms with E-state index in [1.165, 1.54) is 0 Å². The van der Waals surface area contributed by atoms with Crippen molar-refractivity contribution in [2.45, 2.75) is 6.04 Å². The van der Waals surface area contributed by atoms with Crippen molar-refractivity contribution in [1.29, 1.82) is 0 Å². The Kier molecular flexibility index (Phi) is 5.63. The first kappa shape index (κ1) is 21.5. The highest BCUT2D eigenvalue weighted by Crippen LogP contribution is 2.31. The third kappa shape index (κ3) is 4.05. The maximum Gasteiger partial charge on any atom is 0.321 e. The molecule has 2 aliphatic heterocycles. The molecule has 0 aromatic heterocycles. The summed E-state index contributed by atoms with van der Waals surface area (Å²) in [4.78, 5) is 42.4. The van der Waals surface area contributed by atoms with Crippen molar-refractivity contribution in [2.75, 3.05) is 37.4 Å². The molecule has 172 valence electrons. The topological polar surface area (TPSA) is 91.0 Å². The summed E-state index contributed by atoms with van der Waals surface area (Å²) in [6.07, 6.45) is 0. The summed E-state index contributed by atoms with van der Waals surface area (Å²) in [5.74, 6) is 0.220. The van der Waals surface area contributed by atoms with E-state index in [4.69, 9.17) is 4.74 Å². The molecule has 0 bridgehead atoms. The normalized spacial score (nSPS) is 17.3. The zero-order chi connectivity index (χ0) is 23.7. The smallest absolute Gasteiger partial charge is 0.321 e. The predicted molar refractivity (Wildman–Crippen MR) is 129 cm³/mol. The molecule has 2 N–H and O–H groups in total. The van der Waals surface area contributed by atoms with Crippen molar-refractivity contribution in [1.82, 2.24) is 9.80 Å². The van der Waals surface area contributed by atoms with Gasteiger partial charge in [-0.1, -0.05) is 36.4 Å². The van der Waals surface area contributed by atoms with Crippen LogP contribution in [0.5, 0.6) is 5.75 Å². The van der Waals surface area contributed by atoms with Crippen molar-refractivity contribution in [3.63, 3.8) is 0 Å². The summed E-state index contributed by atoms with van der Waals surface area (Å²) in [6.45, 7) is 0.725. The van der Waals surface area contributed by atoms with Gasteiger partial charge in [-0.3, -0.25) is 9.59 Å². The highest BCUT2D eigenvalue weighted by atomic mass is 16.5. The number of nitrogens with one attached hydrogen (secondary N) is 2. The van der Waals surface area contributed by atoms with Crippen molar-refractivity contribution in [2.24, 2.45) is 0 Å². The van der Waals surface area contributed by atoms with Crippen LogP contribution in [0, 0.1) is 0 Å². The largest absolute Gasteiger partial charge is 0.497 e. The number of benzene rings is 3. The molecule has 3 aromatic carbocycles. The summed E-state index contributed by atoms with van der Waals surface area (Å²) >= 11 is 0. The molecule has 1 unspecified atom stereocenters. The molecule has 0 saturated carbocycles. The Bertz CT molecular complexity index is 1240. The van der Waals surface area contributed by atoms with Crippen molar-refractivity contribution in [3.8, 4) is 16.9 Å². The summed E-state index contributed by atoms with van der Waals surface area (Å²) in [7, 11) is 1.61. The lowest BCUT2D eigenvalue weighted by Crippen LogP contribution is -2.60. The van der Waals surface area contributed by atoms with Gasteiger partial charge in [-0.2, -0.15) is 0 Å². The van der Waals surface area contributed by atoms with E-state index in [0.717, 1.165) is 16.9 Å². The zero-order valence-corrected chi connectivity index (χ0v) is 18.7. The van der Waals surface area contributed by atoms with Gasteiger partial charge in [0.1, 0.15) is 11.8 Å². The molecule has 4 amide bonds. The minimum Gasteiger partial charge on any atom is -0.497 e. The molecule has 0 spiro atoms. The van der Waals surface area contributed by atoms with Gasteiger partial charge in [-0.15, -0.1) is 0 Å². The van der Waals surface area contributed by atoms with Crippen LogP contribution >= 0.6 is 0 Å². The van der Waals surface area contributed by atoms with Gasteiger partial charge in [0.15, 0.2) is 0 Å². The van der Waals surface area contributed by atoms with Crippen molar-refractivity contribution < 1.29 is 19.1 Å². The second kappa shape index (κ2) is 8.90. The summed E-state index contributed by atoms with van der Waals surface area (Å²) in [5.41, 5.74) is 3.39. The Morgan fingerprint density at radius 3 is 2.44 bits per heavy atom. The molecule has 0 radical (unpaired) electrons. The van der Waals surface area contributed by atoms with E-state index >= 15 is 0 Å². The van der Waals surface area contributed by atoms with E-state index in [1.807, 2.05) is 48.5 Å². The number of hydrogen-bond acceptors (Lipinski definition) is 4. The number of para-hydroxylation sites is 1. The minimum atomic E-state index is -0.764. The molecule has 1 fully saturated rings. The third-order valence-corrected chi connectivity index (χ3v) is 6.19. The van der Waals surface area contributed by atoms with Gasteiger partial charge < -0.3 is 25.2 Å². The molecule has 1 atom stereocenters. The van der Waals surface area contributed by atoms with Crippen LogP contribution in [0.3, 0.4) is 0 Å². The fraction of sp³-hybridized carbons (Fsp3) is 0.192. The first-order chi connectivity index (χ1) is 16.5. The number of nitrogens with zero attached hydrogens (tertiary/aromatic N) is 2. The fourth-order valence-electron chi connectivity index (χ4n) is 4.32. The number of carbonyl (C=O) groups excluding carboxylic acids is 3. The van der Waals surface area contributed by atoms with Crippen LogP contribution in [0.2, 0.25) is 0 Å². The van der Waals surface area contributed by atoms with E-state index in [9.17, 15) is 14.4 Å². The number of methoxy groups -OCH3 is 1. The highest BCUT2D eigenvalue weighted by molar-refractivity contribution is 6.11. The molecule has 2 aliphatic rings. The molecular weight excluding hydrogens is 432 g/mol. The molecule has 8 nitrogen and oxygen atoms in total. The van der Waals surface area contributed by atoms with Gasteiger partial charge in [-0.05, 0) is 47.5 Å². The number of urea groups is 1. The monoisotopic (exact) mass is 456 g/mol. The quantitative estimate of drug-likeness (QED) is 0.629. The summed E-state index contributed by atoms with van der Waals surface area (Å²) < 4.78 is 5.22. The average molecular weight is 457 g/mol. The molecule has 2 heterocycles. The lowest BCUT2D eigenvalue weighted by molar-refractivity contribution is -0.121. The van der Waals surface area contributed by atoms with E-state index in [0.29, 0.717) is 23.5 Å². The molecule has 0 aliphatic carbocycles. The van der Waals surface area contributed by atoms with Crippen molar-refractivity contribution in [3.05, 3.63) is 78.4 Å². The Morgan fingerprint density at radius 2 is 1.71 bits per heavy atom. The number of rotatable bonds is 3. The number of fused-ring (bicyclic) bond motifs is 2. The lowest BCUT2D eigenvalue weighted by atomic mass is 10.0. The SMILES string of the molecule is COc1ccc(-c2ccc3c(c2)C(=O)N2CCN(C(=O)Nc4ccccc4)CC2C(=O)N3)cc1. The molecule has 5 rings (SSSR count). The maximum absolute atomic E-state index is 13.5. The van der Waals surface area contributed by atoms with Gasteiger partial charge in [0.05, 0.1) is 24.9 Å². The van der Waals surface area contributed by atoms with Crippen molar-refractivity contribution >= 4 is 29.2 Å². The molecule has 34 heavy (non-hydrogen) atoms. The number of amides is 4. The van der Waals surface area contributed by atoms with E-state index in [-0.39, 0.29) is 30.9 Å². The number of ether oxygens (including phenoxy) is 1. The summed E-state index contributed by atoms with van der Waals surface area (Å²) in [6, 6.07) is 21.1. The van der Waals surface area contributed by atoms with Crippen LogP contribution in [-0.2, 0) is 4.79 Å². The Balaban J connectivity index is 1.37. The van der Waals surface area contributed by atoms with Gasteiger partial charge in [-0.25, -0.2) is 4.79 Å². The number of carbonyl (C=O) groups is 3. The van der Waals surface area contributed by atoms with Gasteiger partial charge in [0, 0.05) is 18.8 Å². The fourth-order valence-corrected chi connectivity index (χ4v) is 4.32. The molecule has 3 aromatic rings. The number of anilines is 2. The Hall–Kier alpha value is -4.33. The van der Waals surface area contributed by atoms with Gasteiger partial charge in [0.25, 0.3) is 5.91 Å². The predicted octanol–water partition coefficient (Wildman–Crippen LogP) is 3.67. The average Bonchev–Trinajstić information content (AvgIpc) is 2.98. The van der Waals surface area contributed by atoms with Crippen LogP contribution < -0.4 is 15.4 Å². The van der Waals surface area contributed by atoms with E-state index in [1.54, 1.807) is 41.2 Å². The summed E-state index contributed by atoms with van der Waals surface area (Å²) in [5, 5.41) is 5.72. The third-order valence-electron chi connectivity index (χ3n) is 6.19. The van der Waals surface area contributed by atoms with Gasteiger partial charge >= 0.3 is 6.03 Å². The van der Waals surface area contributed by atoms with Gasteiger partial charge in [0.2, 0.25) is 5.91 Å².